The second-order valence-corrected chi connectivity index (χ2v) is 7.52. The monoisotopic (exact) mass is 373 g/mol. The Morgan fingerprint density at radius 3 is 2.70 bits per heavy atom. The quantitative estimate of drug-likeness (QED) is 0.762. The molecule has 1 aliphatic rings. The second-order valence-electron chi connectivity index (χ2n) is 7.52. The van der Waals surface area contributed by atoms with Gasteiger partial charge in [-0.05, 0) is 45.7 Å². The van der Waals surface area contributed by atoms with Crippen molar-refractivity contribution in [2.45, 2.75) is 39.2 Å². The summed E-state index contributed by atoms with van der Waals surface area (Å²) in [6, 6.07) is 5.59. The summed E-state index contributed by atoms with van der Waals surface area (Å²) >= 11 is 0. The summed E-state index contributed by atoms with van der Waals surface area (Å²) in [5.74, 6) is 0.621. The molecule has 1 saturated heterocycles. The van der Waals surface area contributed by atoms with Crippen molar-refractivity contribution in [2.24, 2.45) is 5.92 Å². The van der Waals surface area contributed by atoms with Gasteiger partial charge in [0.1, 0.15) is 17.5 Å². The molecular weight excluding hydrogens is 346 g/mol. The summed E-state index contributed by atoms with van der Waals surface area (Å²) in [7, 11) is 0. The smallest absolute Gasteiger partial charge is 0.407 e. The maximum atomic E-state index is 12.4. The second kappa shape index (κ2) is 9.21. The molecule has 1 aliphatic heterocycles. The SMILES string of the molecule is CC(C)(C)OC(=O)NCCNC(=O)[C@@H]1CCCN(c2ccc(C#N)cn2)C1. The Bertz CT molecular complexity index is 691. The highest BCUT2D eigenvalue weighted by atomic mass is 16.6. The zero-order valence-corrected chi connectivity index (χ0v) is 16.1. The molecule has 8 nitrogen and oxygen atoms in total. The van der Waals surface area contributed by atoms with E-state index in [1.165, 1.54) is 0 Å². The van der Waals surface area contributed by atoms with E-state index in [9.17, 15) is 9.59 Å². The number of carbonyl (C=O) groups excluding carboxylic acids is 2. The van der Waals surface area contributed by atoms with Gasteiger partial charge in [0.05, 0.1) is 11.5 Å². The van der Waals surface area contributed by atoms with E-state index >= 15 is 0 Å². The van der Waals surface area contributed by atoms with E-state index in [-0.39, 0.29) is 11.8 Å². The van der Waals surface area contributed by atoms with Crippen molar-refractivity contribution in [3.05, 3.63) is 23.9 Å². The molecule has 0 saturated carbocycles. The normalized spacial score (nSPS) is 17.0. The number of pyridine rings is 1. The molecule has 0 aromatic carbocycles. The Morgan fingerprint density at radius 2 is 2.07 bits per heavy atom. The van der Waals surface area contributed by atoms with Gasteiger partial charge in [-0.25, -0.2) is 9.78 Å². The van der Waals surface area contributed by atoms with Crippen LogP contribution in [0.25, 0.3) is 0 Å². The van der Waals surface area contributed by atoms with E-state index in [1.54, 1.807) is 33.0 Å². The van der Waals surface area contributed by atoms with Crippen LogP contribution >= 0.6 is 0 Å². The van der Waals surface area contributed by atoms with Gasteiger partial charge in [-0.15, -0.1) is 0 Å². The van der Waals surface area contributed by atoms with Gasteiger partial charge in [-0.3, -0.25) is 4.79 Å². The Balaban J connectivity index is 1.76. The van der Waals surface area contributed by atoms with Crippen LogP contribution in [0.15, 0.2) is 18.3 Å². The third-order valence-electron chi connectivity index (χ3n) is 4.09. The van der Waals surface area contributed by atoms with Gasteiger partial charge in [-0.2, -0.15) is 5.26 Å². The van der Waals surface area contributed by atoms with Crippen LogP contribution in [0.5, 0.6) is 0 Å². The van der Waals surface area contributed by atoms with Crippen LogP contribution < -0.4 is 15.5 Å². The molecule has 2 N–H and O–H groups in total. The van der Waals surface area contributed by atoms with E-state index in [0.717, 1.165) is 25.2 Å². The summed E-state index contributed by atoms with van der Waals surface area (Å²) in [5.41, 5.74) is -0.0270. The summed E-state index contributed by atoms with van der Waals surface area (Å²) < 4.78 is 5.14. The summed E-state index contributed by atoms with van der Waals surface area (Å²) in [5, 5.41) is 14.3. The number of nitrogens with one attached hydrogen (secondary N) is 2. The number of hydrogen-bond donors (Lipinski definition) is 2. The van der Waals surface area contributed by atoms with Gasteiger partial charge in [0.2, 0.25) is 5.91 Å². The molecule has 0 bridgehead atoms. The lowest BCUT2D eigenvalue weighted by atomic mass is 9.97. The highest BCUT2D eigenvalue weighted by molar-refractivity contribution is 5.79. The molecule has 0 unspecified atom stereocenters. The lowest BCUT2D eigenvalue weighted by molar-refractivity contribution is -0.125. The first-order valence-electron chi connectivity index (χ1n) is 9.14. The average molecular weight is 373 g/mol. The van der Waals surface area contributed by atoms with Crippen LogP contribution in [0, 0.1) is 17.2 Å². The highest BCUT2D eigenvalue weighted by Crippen LogP contribution is 2.21. The molecule has 0 spiro atoms. The van der Waals surface area contributed by atoms with Crippen molar-refractivity contribution in [2.75, 3.05) is 31.1 Å². The molecule has 1 fully saturated rings. The van der Waals surface area contributed by atoms with Crippen molar-refractivity contribution in [3.63, 3.8) is 0 Å². The molecular formula is C19H27N5O3. The molecule has 2 heterocycles. The first kappa shape index (κ1) is 20.5. The molecule has 1 aromatic rings. The van der Waals surface area contributed by atoms with Crippen molar-refractivity contribution in [1.82, 2.24) is 15.6 Å². The lowest BCUT2D eigenvalue weighted by Crippen LogP contribution is -2.45. The summed E-state index contributed by atoms with van der Waals surface area (Å²) in [4.78, 5) is 30.3. The molecule has 27 heavy (non-hydrogen) atoms. The highest BCUT2D eigenvalue weighted by Gasteiger charge is 2.26. The number of rotatable bonds is 5. The fourth-order valence-electron chi connectivity index (χ4n) is 2.85. The zero-order valence-electron chi connectivity index (χ0n) is 16.1. The minimum Gasteiger partial charge on any atom is -0.444 e. The Kier molecular flexibility index (Phi) is 6.99. The molecule has 8 heteroatoms. The van der Waals surface area contributed by atoms with Crippen molar-refractivity contribution in [3.8, 4) is 6.07 Å². The third kappa shape index (κ3) is 6.77. The van der Waals surface area contributed by atoms with Gasteiger partial charge >= 0.3 is 6.09 Å². The fraction of sp³-hybridized carbons (Fsp3) is 0.579. The maximum Gasteiger partial charge on any atom is 0.407 e. The van der Waals surface area contributed by atoms with Crippen LogP contribution in [-0.4, -0.2) is 48.8 Å². The standard InChI is InChI=1S/C19H27N5O3/c1-19(2,3)27-18(26)22-9-8-21-17(25)15-5-4-10-24(13-15)16-7-6-14(11-20)12-23-16/h6-7,12,15H,4-5,8-10,13H2,1-3H3,(H,21,25)(H,22,26)/t15-/m1/s1. The van der Waals surface area contributed by atoms with E-state index in [2.05, 4.69) is 20.5 Å². The number of alkyl carbamates (subject to hydrolysis) is 1. The summed E-state index contributed by atoms with van der Waals surface area (Å²) in [6.45, 7) is 7.48. The third-order valence-corrected chi connectivity index (χ3v) is 4.09. The Morgan fingerprint density at radius 1 is 1.33 bits per heavy atom. The number of carbonyl (C=O) groups is 2. The van der Waals surface area contributed by atoms with Crippen LogP contribution in [-0.2, 0) is 9.53 Å². The van der Waals surface area contributed by atoms with Gasteiger partial charge < -0.3 is 20.3 Å². The number of piperidine rings is 1. The minimum atomic E-state index is -0.543. The van der Waals surface area contributed by atoms with E-state index in [4.69, 9.17) is 10.00 Å². The fourth-order valence-corrected chi connectivity index (χ4v) is 2.85. The number of nitrogens with zero attached hydrogens (tertiary/aromatic N) is 3. The van der Waals surface area contributed by atoms with E-state index in [0.29, 0.717) is 25.2 Å². The number of amides is 2. The number of aromatic nitrogens is 1. The molecule has 0 aliphatic carbocycles. The van der Waals surface area contributed by atoms with Crippen LogP contribution in [0.1, 0.15) is 39.2 Å². The van der Waals surface area contributed by atoms with Gasteiger partial charge in [-0.1, -0.05) is 0 Å². The van der Waals surface area contributed by atoms with Crippen molar-refractivity contribution in [1.29, 1.82) is 5.26 Å². The molecule has 146 valence electrons. The van der Waals surface area contributed by atoms with Crippen LogP contribution in [0.4, 0.5) is 10.6 Å². The number of nitriles is 1. The van der Waals surface area contributed by atoms with Crippen molar-refractivity contribution >= 4 is 17.8 Å². The predicted octanol–water partition coefficient (Wildman–Crippen LogP) is 1.81. The van der Waals surface area contributed by atoms with E-state index < -0.39 is 11.7 Å². The number of anilines is 1. The molecule has 2 amide bonds. The van der Waals surface area contributed by atoms with Gasteiger partial charge in [0.15, 0.2) is 0 Å². The largest absolute Gasteiger partial charge is 0.444 e. The number of hydrogen-bond acceptors (Lipinski definition) is 6. The van der Waals surface area contributed by atoms with Gasteiger partial charge in [0, 0.05) is 32.4 Å². The minimum absolute atomic E-state index is 0.0284. The molecule has 1 atom stereocenters. The average Bonchev–Trinajstić information content (AvgIpc) is 2.64. The maximum absolute atomic E-state index is 12.4. The number of ether oxygens (including phenoxy) is 1. The first-order chi connectivity index (χ1) is 12.8. The zero-order chi connectivity index (χ0) is 19.9. The summed E-state index contributed by atoms with van der Waals surface area (Å²) in [6.07, 6.45) is 2.77. The van der Waals surface area contributed by atoms with Crippen molar-refractivity contribution < 1.29 is 14.3 Å². The predicted molar refractivity (Wildman–Crippen MR) is 101 cm³/mol. The molecule has 0 radical (unpaired) electrons. The Labute approximate surface area is 159 Å². The van der Waals surface area contributed by atoms with Gasteiger partial charge in [0.25, 0.3) is 0 Å². The topological polar surface area (TPSA) is 107 Å². The van der Waals surface area contributed by atoms with E-state index in [1.807, 2.05) is 12.1 Å². The Hall–Kier alpha value is -2.82. The van der Waals surface area contributed by atoms with Crippen LogP contribution in [0.3, 0.4) is 0 Å². The lowest BCUT2D eigenvalue weighted by Gasteiger charge is -2.32. The molecule has 2 rings (SSSR count). The van der Waals surface area contributed by atoms with Crippen LogP contribution in [0.2, 0.25) is 0 Å². The molecule has 1 aromatic heterocycles. The first-order valence-corrected chi connectivity index (χ1v) is 9.14.